The molecule has 1 saturated carbocycles. The Morgan fingerprint density at radius 1 is 1.41 bits per heavy atom. The summed E-state index contributed by atoms with van der Waals surface area (Å²) in [6.45, 7) is 1.65. The highest BCUT2D eigenvalue weighted by atomic mass is 35.5. The van der Waals surface area contributed by atoms with Crippen LogP contribution in [0, 0.1) is 17.3 Å². The van der Waals surface area contributed by atoms with Crippen molar-refractivity contribution in [3.63, 3.8) is 0 Å². The van der Waals surface area contributed by atoms with Crippen molar-refractivity contribution in [2.24, 2.45) is 5.41 Å². The summed E-state index contributed by atoms with van der Waals surface area (Å²) < 4.78 is 36.6. The van der Waals surface area contributed by atoms with Gasteiger partial charge in [-0.3, -0.25) is 4.79 Å². The molecule has 1 atom stereocenters. The molecule has 1 aliphatic rings. The van der Waals surface area contributed by atoms with Gasteiger partial charge < -0.3 is 5.32 Å². The minimum Gasteiger partial charge on any atom is -0.345 e. The zero-order valence-corrected chi connectivity index (χ0v) is 13.0. The van der Waals surface area contributed by atoms with E-state index >= 15 is 0 Å². The van der Waals surface area contributed by atoms with Gasteiger partial charge in [-0.15, -0.1) is 23.2 Å². The molecule has 1 aliphatic carbocycles. The molecule has 1 N–H and O–H groups in total. The molecule has 1 amide bonds. The van der Waals surface area contributed by atoms with Crippen molar-refractivity contribution < 1.29 is 18.0 Å². The van der Waals surface area contributed by atoms with E-state index in [1.807, 2.05) is 0 Å². The van der Waals surface area contributed by atoms with Gasteiger partial charge in [0.05, 0.1) is 17.5 Å². The van der Waals surface area contributed by atoms with Crippen LogP contribution in [-0.2, 0) is 11.0 Å². The number of carbonyl (C=O) groups is 1. The molecular weight excluding hydrogens is 338 g/mol. The fourth-order valence-corrected chi connectivity index (χ4v) is 2.59. The predicted molar refractivity (Wildman–Crippen MR) is 78.5 cm³/mol. The number of amides is 1. The minimum atomic E-state index is -4.41. The van der Waals surface area contributed by atoms with Crippen molar-refractivity contribution >= 4 is 29.1 Å². The highest BCUT2D eigenvalue weighted by Gasteiger charge is 2.67. The number of halogens is 5. The smallest absolute Gasteiger partial charge is 0.345 e. The van der Waals surface area contributed by atoms with E-state index < -0.39 is 21.5 Å². The van der Waals surface area contributed by atoms with Crippen molar-refractivity contribution in [3.8, 4) is 11.8 Å². The highest BCUT2D eigenvalue weighted by molar-refractivity contribution is 6.53. The van der Waals surface area contributed by atoms with Gasteiger partial charge in [-0.05, 0) is 31.5 Å². The lowest BCUT2D eigenvalue weighted by atomic mass is 10.1. The van der Waals surface area contributed by atoms with E-state index in [1.165, 1.54) is 12.1 Å². The van der Waals surface area contributed by atoms with Crippen LogP contribution < -0.4 is 5.32 Å². The Morgan fingerprint density at radius 3 is 2.59 bits per heavy atom. The van der Waals surface area contributed by atoms with Gasteiger partial charge in [0.2, 0.25) is 5.91 Å². The van der Waals surface area contributed by atoms with E-state index in [4.69, 9.17) is 23.2 Å². The van der Waals surface area contributed by atoms with E-state index in [9.17, 15) is 18.0 Å². The molecular formula is C15H12Cl2F3NO. The summed E-state index contributed by atoms with van der Waals surface area (Å²) in [5.74, 6) is 4.85. The molecule has 0 aromatic heterocycles. The van der Waals surface area contributed by atoms with Gasteiger partial charge >= 0.3 is 6.18 Å². The van der Waals surface area contributed by atoms with Crippen LogP contribution in [0.15, 0.2) is 24.3 Å². The molecule has 2 rings (SSSR count). The highest BCUT2D eigenvalue weighted by Crippen LogP contribution is 2.63. The first-order chi connectivity index (χ1) is 10.1. The normalized spacial score (nSPS) is 22.5. The van der Waals surface area contributed by atoms with Gasteiger partial charge in [0.1, 0.15) is 4.33 Å². The van der Waals surface area contributed by atoms with Crippen LogP contribution in [0.2, 0.25) is 0 Å². The van der Waals surface area contributed by atoms with Crippen LogP contribution in [0.4, 0.5) is 13.2 Å². The molecule has 0 bridgehead atoms. The number of alkyl halides is 5. The lowest BCUT2D eigenvalue weighted by Crippen LogP contribution is -2.33. The third-order valence-electron chi connectivity index (χ3n) is 3.52. The quantitative estimate of drug-likeness (QED) is 0.639. The molecule has 22 heavy (non-hydrogen) atoms. The average molecular weight is 350 g/mol. The van der Waals surface area contributed by atoms with E-state index in [2.05, 4.69) is 17.2 Å². The summed E-state index contributed by atoms with van der Waals surface area (Å²) in [5.41, 5.74) is -1.37. The topological polar surface area (TPSA) is 29.1 Å². The molecule has 7 heteroatoms. The van der Waals surface area contributed by atoms with Crippen molar-refractivity contribution in [3.05, 3.63) is 35.4 Å². The van der Waals surface area contributed by atoms with Gasteiger partial charge in [-0.25, -0.2) is 0 Å². The molecule has 0 heterocycles. The van der Waals surface area contributed by atoms with Crippen molar-refractivity contribution in [1.82, 2.24) is 5.32 Å². The maximum absolute atomic E-state index is 12.5. The molecule has 0 saturated heterocycles. The zero-order valence-electron chi connectivity index (χ0n) is 11.5. The fraction of sp³-hybridized carbons (Fsp3) is 0.400. The Balaban J connectivity index is 1.94. The van der Waals surface area contributed by atoms with Crippen molar-refractivity contribution in [2.75, 3.05) is 6.54 Å². The van der Waals surface area contributed by atoms with Gasteiger partial charge in [0.25, 0.3) is 0 Å². The minimum absolute atomic E-state index is 0.00846. The Hall–Kier alpha value is -1.38. The summed E-state index contributed by atoms with van der Waals surface area (Å²) in [6, 6.07) is 4.68. The number of nitrogens with one attached hydrogen (secondary N) is 1. The van der Waals surface area contributed by atoms with Crippen LogP contribution in [0.3, 0.4) is 0 Å². The summed E-state index contributed by atoms with van der Waals surface area (Å²) in [6.07, 6.45) is -4.05. The fourth-order valence-electron chi connectivity index (χ4n) is 1.89. The van der Waals surface area contributed by atoms with E-state index in [1.54, 1.807) is 6.92 Å². The van der Waals surface area contributed by atoms with Crippen LogP contribution in [0.5, 0.6) is 0 Å². The average Bonchev–Trinajstić information content (AvgIpc) is 2.94. The number of benzene rings is 1. The van der Waals surface area contributed by atoms with Gasteiger partial charge in [-0.2, -0.15) is 13.2 Å². The van der Waals surface area contributed by atoms with Crippen LogP contribution in [-0.4, -0.2) is 16.8 Å². The number of rotatable bonds is 2. The van der Waals surface area contributed by atoms with Crippen LogP contribution >= 0.6 is 23.2 Å². The maximum atomic E-state index is 12.5. The molecule has 0 spiro atoms. The second-order valence-electron chi connectivity index (χ2n) is 5.28. The predicted octanol–water partition coefficient (Wildman–Crippen LogP) is 3.76. The third-order valence-corrected chi connectivity index (χ3v) is 4.62. The van der Waals surface area contributed by atoms with Crippen molar-refractivity contribution in [2.45, 2.75) is 23.9 Å². The number of hydrogen-bond donors (Lipinski definition) is 1. The van der Waals surface area contributed by atoms with Gasteiger partial charge in [0, 0.05) is 5.56 Å². The summed E-state index contributed by atoms with van der Waals surface area (Å²) in [7, 11) is 0. The molecule has 1 unspecified atom stereocenters. The van der Waals surface area contributed by atoms with E-state index in [0.717, 1.165) is 12.1 Å². The first-order valence-electron chi connectivity index (χ1n) is 6.38. The molecule has 0 aliphatic heterocycles. The first-order valence-corrected chi connectivity index (χ1v) is 7.14. The first kappa shape index (κ1) is 17.0. The molecule has 1 aromatic carbocycles. The summed E-state index contributed by atoms with van der Waals surface area (Å²) in [4.78, 5) is 11.8. The Bertz CT molecular complexity index is 661. The van der Waals surface area contributed by atoms with Gasteiger partial charge in [0.15, 0.2) is 0 Å². The Kier molecular flexibility index (Phi) is 4.38. The van der Waals surface area contributed by atoms with Crippen LogP contribution in [0.25, 0.3) is 0 Å². The lowest BCUT2D eigenvalue weighted by Gasteiger charge is -2.10. The zero-order chi connectivity index (χ0) is 16.6. The second-order valence-corrected chi connectivity index (χ2v) is 6.76. The summed E-state index contributed by atoms with van der Waals surface area (Å²) >= 11 is 11.7. The number of carbonyl (C=O) groups excluding carboxylic acids is 1. The van der Waals surface area contributed by atoms with Gasteiger partial charge in [-0.1, -0.05) is 17.9 Å². The molecule has 2 nitrogen and oxygen atoms in total. The van der Waals surface area contributed by atoms with Crippen LogP contribution in [0.1, 0.15) is 24.5 Å². The molecule has 1 fully saturated rings. The maximum Gasteiger partial charge on any atom is 0.416 e. The summed E-state index contributed by atoms with van der Waals surface area (Å²) in [5, 5.41) is 2.55. The SMILES string of the molecule is CC1(C(=O)NCC#Cc2cccc(C(F)(F)F)c2)CC1(Cl)Cl. The van der Waals surface area contributed by atoms with Crippen molar-refractivity contribution in [1.29, 1.82) is 0 Å². The Morgan fingerprint density at radius 2 is 2.05 bits per heavy atom. The Labute approximate surface area is 136 Å². The van der Waals surface area contributed by atoms with E-state index in [-0.39, 0.29) is 18.0 Å². The largest absolute Gasteiger partial charge is 0.416 e. The standard InChI is InChI=1S/C15H12Cl2F3NO/c1-13(9-14(13,16)17)12(22)21-7-3-5-10-4-2-6-11(8-10)15(18,19)20/h2,4,6,8H,7,9H2,1H3,(H,21,22). The third kappa shape index (κ3) is 3.50. The number of hydrogen-bond acceptors (Lipinski definition) is 1. The molecule has 0 radical (unpaired) electrons. The van der Waals surface area contributed by atoms with E-state index in [0.29, 0.717) is 6.42 Å². The lowest BCUT2D eigenvalue weighted by molar-refractivity contribution is -0.137. The monoisotopic (exact) mass is 349 g/mol. The molecule has 118 valence electrons. The second kappa shape index (κ2) is 5.68. The molecule has 1 aromatic rings.